The van der Waals surface area contributed by atoms with Gasteiger partial charge in [0.15, 0.2) is 0 Å². The first-order valence-corrected chi connectivity index (χ1v) is 12.0. The van der Waals surface area contributed by atoms with Gasteiger partial charge in [-0.1, -0.05) is 12.1 Å². The molecule has 7 nitrogen and oxygen atoms in total. The number of sulfonamides is 1. The van der Waals surface area contributed by atoms with Crippen molar-refractivity contribution in [3.63, 3.8) is 0 Å². The van der Waals surface area contributed by atoms with Crippen molar-refractivity contribution in [3.05, 3.63) is 29.8 Å². The Balaban J connectivity index is 1.51. The number of carbonyl (C=O) groups is 1. The third kappa shape index (κ3) is 3.78. The minimum absolute atomic E-state index is 0.0168. The molecule has 3 aliphatic rings. The summed E-state index contributed by atoms with van der Waals surface area (Å²) in [5.74, 6) is 1.06. The summed E-state index contributed by atoms with van der Waals surface area (Å²) in [7, 11) is -1.65. The van der Waals surface area contributed by atoms with E-state index in [0.717, 1.165) is 24.2 Å². The Morgan fingerprint density at radius 1 is 1.24 bits per heavy atom. The number of fused-ring (bicyclic) bond motifs is 1. The van der Waals surface area contributed by atoms with Crippen LogP contribution in [0, 0.1) is 5.92 Å². The van der Waals surface area contributed by atoms with Crippen molar-refractivity contribution in [3.8, 4) is 5.75 Å². The van der Waals surface area contributed by atoms with Crippen molar-refractivity contribution in [1.82, 2.24) is 9.21 Å². The molecule has 2 atom stereocenters. The number of piperidine rings is 1. The SMILES string of the molecule is CCS(=O)(=O)N1CCOC[C@H]2CN(C(=O)C3(c4ccc(OC)cc4)CC3)CC[C@H]21. The molecule has 1 aliphatic carbocycles. The highest BCUT2D eigenvalue weighted by Crippen LogP contribution is 2.50. The number of benzene rings is 1. The van der Waals surface area contributed by atoms with Gasteiger partial charge in [0.05, 0.1) is 31.5 Å². The van der Waals surface area contributed by atoms with Gasteiger partial charge in [-0.05, 0) is 43.9 Å². The molecule has 2 heterocycles. The van der Waals surface area contributed by atoms with Crippen molar-refractivity contribution >= 4 is 15.9 Å². The van der Waals surface area contributed by atoms with Gasteiger partial charge < -0.3 is 14.4 Å². The number of likely N-dealkylation sites (tertiary alicyclic amines) is 1. The van der Waals surface area contributed by atoms with Gasteiger partial charge in [-0.3, -0.25) is 4.79 Å². The molecule has 1 aromatic rings. The molecule has 29 heavy (non-hydrogen) atoms. The minimum Gasteiger partial charge on any atom is -0.497 e. The summed E-state index contributed by atoms with van der Waals surface area (Å²) in [6, 6.07) is 7.70. The van der Waals surface area contributed by atoms with Crippen molar-refractivity contribution in [1.29, 1.82) is 0 Å². The zero-order chi connectivity index (χ0) is 20.6. The van der Waals surface area contributed by atoms with Gasteiger partial charge in [0.2, 0.25) is 15.9 Å². The maximum atomic E-state index is 13.5. The first kappa shape index (κ1) is 20.6. The summed E-state index contributed by atoms with van der Waals surface area (Å²) >= 11 is 0. The second-order valence-corrected chi connectivity index (χ2v) is 10.5. The molecule has 0 N–H and O–H groups in total. The van der Waals surface area contributed by atoms with Gasteiger partial charge in [-0.25, -0.2) is 8.42 Å². The molecule has 3 fully saturated rings. The van der Waals surface area contributed by atoms with Gasteiger partial charge in [-0.15, -0.1) is 0 Å². The van der Waals surface area contributed by atoms with Gasteiger partial charge in [0.1, 0.15) is 5.75 Å². The number of carbonyl (C=O) groups excluding carboxylic acids is 1. The van der Waals surface area contributed by atoms with E-state index in [1.54, 1.807) is 18.3 Å². The van der Waals surface area contributed by atoms with E-state index in [9.17, 15) is 13.2 Å². The number of amides is 1. The number of rotatable bonds is 5. The molecule has 1 aromatic carbocycles. The van der Waals surface area contributed by atoms with E-state index < -0.39 is 15.4 Å². The van der Waals surface area contributed by atoms with E-state index in [4.69, 9.17) is 9.47 Å². The molecular weight excluding hydrogens is 392 g/mol. The number of ether oxygens (including phenoxy) is 2. The highest BCUT2D eigenvalue weighted by Gasteiger charge is 2.54. The Hall–Kier alpha value is -1.64. The third-order valence-corrected chi connectivity index (χ3v) is 8.56. The van der Waals surface area contributed by atoms with Crippen LogP contribution in [-0.4, -0.2) is 75.3 Å². The first-order valence-electron chi connectivity index (χ1n) is 10.4. The molecule has 1 amide bonds. The van der Waals surface area contributed by atoms with E-state index in [1.165, 1.54) is 0 Å². The minimum atomic E-state index is -3.28. The van der Waals surface area contributed by atoms with Crippen LogP contribution in [0.5, 0.6) is 5.75 Å². The zero-order valence-electron chi connectivity index (χ0n) is 17.2. The van der Waals surface area contributed by atoms with Gasteiger partial charge in [-0.2, -0.15) is 4.31 Å². The Morgan fingerprint density at radius 2 is 1.97 bits per heavy atom. The van der Waals surface area contributed by atoms with Crippen LogP contribution in [0.2, 0.25) is 0 Å². The molecule has 4 rings (SSSR count). The van der Waals surface area contributed by atoms with Crippen molar-refractivity contribution in [2.75, 3.05) is 45.7 Å². The molecule has 160 valence electrons. The van der Waals surface area contributed by atoms with E-state index in [0.29, 0.717) is 39.3 Å². The summed E-state index contributed by atoms with van der Waals surface area (Å²) in [4.78, 5) is 15.4. The maximum absolute atomic E-state index is 13.5. The van der Waals surface area contributed by atoms with Crippen molar-refractivity contribution < 1.29 is 22.7 Å². The molecule has 0 radical (unpaired) electrons. The highest BCUT2D eigenvalue weighted by atomic mass is 32.2. The molecule has 0 aromatic heterocycles. The second kappa shape index (κ2) is 7.89. The summed E-state index contributed by atoms with van der Waals surface area (Å²) in [6.45, 7) is 4.14. The molecule has 8 heteroatoms. The summed E-state index contributed by atoms with van der Waals surface area (Å²) in [5, 5.41) is 0. The number of hydrogen-bond donors (Lipinski definition) is 0. The molecular formula is C21H30N2O5S. The molecule has 1 saturated carbocycles. The highest BCUT2D eigenvalue weighted by molar-refractivity contribution is 7.89. The lowest BCUT2D eigenvalue weighted by Gasteiger charge is -2.42. The van der Waals surface area contributed by atoms with Crippen LogP contribution in [-0.2, 0) is 25.0 Å². The number of nitrogens with zero attached hydrogens (tertiary/aromatic N) is 2. The number of hydrogen-bond acceptors (Lipinski definition) is 5. The van der Waals surface area contributed by atoms with Crippen LogP contribution in [0.15, 0.2) is 24.3 Å². The Kier molecular flexibility index (Phi) is 5.61. The number of methoxy groups -OCH3 is 1. The summed E-state index contributed by atoms with van der Waals surface area (Å²) < 4.78 is 37.7. The molecule has 0 bridgehead atoms. The molecule has 0 spiro atoms. The fourth-order valence-corrected chi connectivity index (χ4v) is 6.15. The second-order valence-electron chi connectivity index (χ2n) is 8.26. The topological polar surface area (TPSA) is 76.2 Å². The van der Waals surface area contributed by atoms with Crippen LogP contribution >= 0.6 is 0 Å². The largest absolute Gasteiger partial charge is 0.497 e. The van der Waals surface area contributed by atoms with E-state index in [-0.39, 0.29) is 23.6 Å². The van der Waals surface area contributed by atoms with Crippen molar-refractivity contribution in [2.45, 2.75) is 37.6 Å². The Bertz CT molecular complexity index is 850. The summed E-state index contributed by atoms with van der Waals surface area (Å²) in [5.41, 5.74) is 0.609. The molecule has 2 saturated heterocycles. The van der Waals surface area contributed by atoms with E-state index in [1.807, 2.05) is 29.2 Å². The standard InChI is InChI=1S/C21H30N2O5S/c1-3-29(25,26)23-12-13-28-15-16-14-22(11-8-19(16)23)20(24)21(9-10-21)17-4-6-18(27-2)7-5-17/h4-7,16,19H,3,8-15H2,1-2H3/t16-,19-/m1/s1. The normalized spacial score (nSPS) is 27.0. The van der Waals surface area contributed by atoms with Crippen LogP contribution in [0.1, 0.15) is 31.7 Å². The van der Waals surface area contributed by atoms with Crippen LogP contribution in [0.3, 0.4) is 0 Å². The third-order valence-electron chi connectivity index (χ3n) is 6.66. The first-order chi connectivity index (χ1) is 13.9. The lowest BCUT2D eigenvalue weighted by Crippen LogP contribution is -2.56. The fraction of sp³-hybridized carbons (Fsp3) is 0.667. The average Bonchev–Trinajstić information content (AvgIpc) is 3.57. The van der Waals surface area contributed by atoms with Crippen LogP contribution in [0.25, 0.3) is 0 Å². The zero-order valence-corrected chi connectivity index (χ0v) is 18.0. The monoisotopic (exact) mass is 422 g/mol. The molecule has 0 unspecified atom stereocenters. The Morgan fingerprint density at radius 3 is 2.59 bits per heavy atom. The predicted molar refractivity (Wildman–Crippen MR) is 109 cm³/mol. The van der Waals surface area contributed by atoms with Crippen molar-refractivity contribution in [2.24, 2.45) is 5.92 Å². The summed E-state index contributed by atoms with van der Waals surface area (Å²) in [6.07, 6.45) is 2.38. The Labute approximate surface area is 173 Å². The molecule has 2 aliphatic heterocycles. The fourth-order valence-electron chi connectivity index (χ4n) is 4.78. The lowest BCUT2D eigenvalue weighted by molar-refractivity contribution is -0.136. The van der Waals surface area contributed by atoms with Gasteiger partial charge >= 0.3 is 0 Å². The lowest BCUT2D eigenvalue weighted by atomic mass is 9.89. The van der Waals surface area contributed by atoms with Crippen LogP contribution < -0.4 is 4.74 Å². The predicted octanol–water partition coefficient (Wildman–Crippen LogP) is 1.63. The van der Waals surface area contributed by atoms with Gasteiger partial charge in [0.25, 0.3) is 0 Å². The van der Waals surface area contributed by atoms with E-state index >= 15 is 0 Å². The van der Waals surface area contributed by atoms with Gasteiger partial charge in [0, 0.05) is 31.6 Å². The smallest absolute Gasteiger partial charge is 0.233 e. The average molecular weight is 423 g/mol. The van der Waals surface area contributed by atoms with Crippen LogP contribution in [0.4, 0.5) is 0 Å². The maximum Gasteiger partial charge on any atom is 0.233 e. The van der Waals surface area contributed by atoms with E-state index in [2.05, 4.69) is 0 Å². The quantitative estimate of drug-likeness (QED) is 0.721.